The summed E-state index contributed by atoms with van der Waals surface area (Å²) in [6.45, 7) is 0.507. The zero-order valence-electron chi connectivity index (χ0n) is 9.60. The van der Waals surface area contributed by atoms with Gasteiger partial charge in [0.2, 0.25) is 6.41 Å². The van der Waals surface area contributed by atoms with E-state index >= 15 is 0 Å². The van der Waals surface area contributed by atoms with E-state index in [2.05, 4.69) is 29.6 Å². The van der Waals surface area contributed by atoms with E-state index in [0.717, 1.165) is 6.42 Å². The number of amides is 1. The van der Waals surface area contributed by atoms with Crippen LogP contribution >= 0.6 is 0 Å². The highest BCUT2D eigenvalue weighted by Crippen LogP contribution is 2.19. The van der Waals surface area contributed by atoms with Crippen LogP contribution in [-0.4, -0.2) is 19.0 Å². The van der Waals surface area contributed by atoms with E-state index in [1.54, 1.807) is 0 Å². The predicted octanol–water partition coefficient (Wildman–Crippen LogP) is 1.46. The summed E-state index contributed by atoms with van der Waals surface area (Å²) in [7, 11) is 0. The predicted molar refractivity (Wildman–Crippen MR) is 69.7 cm³/mol. The van der Waals surface area contributed by atoms with Gasteiger partial charge in [0.1, 0.15) is 0 Å². The third-order valence-electron chi connectivity index (χ3n) is 2.83. The second-order valence-electron chi connectivity index (χ2n) is 4.13. The van der Waals surface area contributed by atoms with Gasteiger partial charge in [0.05, 0.1) is 0 Å². The first-order valence-corrected chi connectivity index (χ1v) is 5.70. The molecule has 3 nitrogen and oxygen atoms in total. The number of hydrogen-bond donors (Lipinski definition) is 2. The number of benzene rings is 2. The van der Waals surface area contributed by atoms with Crippen LogP contribution in [0.1, 0.15) is 5.56 Å². The zero-order chi connectivity index (χ0) is 12.1. The summed E-state index contributed by atoms with van der Waals surface area (Å²) in [6, 6.07) is 14.4. The molecule has 0 bridgehead atoms. The fourth-order valence-electron chi connectivity index (χ4n) is 2.02. The molecule has 0 saturated carbocycles. The summed E-state index contributed by atoms with van der Waals surface area (Å²) in [5, 5.41) is 5.07. The maximum Gasteiger partial charge on any atom is 0.207 e. The third kappa shape index (κ3) is 2.82. The second kappa shape index (κ2) is 5.46. The number of rotatable bonds is 5. The molecule has 0 aliphatic carbocycles. The number of nitrogens with one attached hydrogen (secondary N) is 1. The van der Waals surface area contributed by atoms with Crippen molar-refractivity contribution in [2.45, 2.75) is 12.5 Å². The van der Waals surface area contributed by atoms with Gasteiger partial charge in [0, 0.05) is 12.6 Å². The van der Waals surface area contributed by atoms with E-state index in [0.29, 0.717) is 13.0 Å². The molecule has 0 unspecified atom stereocenters. The van der Waals surface area contributed by atoms with Gasteiger partial charge in [-0.05, 0) is 22.8 Å². The number of fused-ring (bicyclic) bond motifs is 1. The molecule has 0 aliphatic heterocycles. The average Bonchev–Trinajstić information content (AvgIpc) is 2.37. The van der Waals surface area contributed by atoms with Crippen molar-refractivity contribution in [3.05, 3.63) is 48.0 Å². The van der Waals surface area contributed by atoms with Crippen LogP contribution in [0.2, 0.25) is 0 Å². The van der Waals surface area contributed by atoms with Gasteiger partial charge in [-0.3, -0.25) is 4.79 Å². The fourth-order valence-corrected chi connectivity index (χ4v) is 2.02. The molecule has 2 aromatic rings. The second-order valence-corrected chi connectivity index (χ2v) is 4.13. The van der Waals surface area contributed by atoms with Crippen LogP contribution in [0.15, 0.2) is 42.5 Å². The van der Waals surface area contributed by atoms with Crippen molar-refractivity contribution in [2.75, 3.05) is 6.54 Å². The Kier molecular flexibility index (Phi) is 3.73. The molecule has 0 spiro atoms. The molecule has 2 rings (SSSR count). The SMILES string of the molecule is N[C@H](CNC=O)Cc1cccc2ccccc12. The Balaban J connectivity index is 2.20. The first kappa shape index (κ1) is 11.6. The number of hydrogen-bond acceptors (Lipinski definition) is 2. The monoisotopic (exact) mass is 228 g/mol. The van der Waals surface area contributed by atoms with Gasteiger partial charge in [-0.25, -0.2) is 0 Å². The lowest BCUT2D eigenvalue weighted by molar-refractivity contribution is -0.109. The van der Waals surface area contributed by atoms with Crippen molar-refractivity contribution >= 4 is 17.2 Å². The van der Waals surface area contributed by atoms with Crippen molar-refractivity contribution in [3.63, 3.8) is 0 Å². The van der Waals surface area contributed by atoms with E-state index < -0.39 is 0 Å². The maximum atomic E-state index is 10.2. The lowest BCUT2D eigenvalue weighted by Gasteiger charge is -2.12. The minimum absolute atomic E-state index is 0.0500. The summed E-state index contributed by atoms with van der Waals surface area (Å²) < 4.78 is 0. The van der Waals surface area contributed by atoms with Gasteiger partial charge in [-0.1, -0.05) is 42.5 Å². The van der Waals surface area contributed by atoms with Gasteiger partial charge in [-0.15, -0.1) is 0 Å². The van der Waals surface area contributed by atoms with E-state index in [4.69, 9.17) is 5.73 Å². The zero-order valence-corrected chi connectivity index (χ0v) is 9.60. The van der Waals surface area contributed by atoms with Crippen molar-refractivity contribution in [1.29, 1.82) is 0 Å². The fraction of sp³-hybridized carbons (Fsp3) is 0.214. The first-order valence-electron chi connectivity index (χ1n) is 5.70. The standard InChI is InChI=1S/C14H16N2O/c15-13(9-16-10-17)8-12-6-3-5-11-4-1-2-7-14(11)12/h1-7,10,13H,8-9,15H2,(H,16,17)/t13-/m0/s1. The molecule has 3 heteroatoms. The largest absolute Gasteiger partial charge is 0.357 e. The maximum absolute atomic E-state index is 10.2. The third-order valence-corrected chi connectivity index (χ3v) is 2.83. The molecular formula is C14H16N2O. The topological polar surface area (TPSA) is 55.1 Å². The molecule has 0 aromatic heterocycles. The van der Waals surface area contributed by atoms with Crippen LogP contribution in [0.25, 0.3) is 10.8 Å². The van der Waals surface area contributed by atoms with Crippen LogP contribution in [0.4, 0.5) is 0 Å². The summed E-state index contributed by atoms with van der Waals surface area (Å²) in [5.74, 6) is 0. The molecule has 0 aliphatic rings. The minimum atomic E-state index is -0.0500. The van der Waals surface area contributed by atoms with E-state index in [9.17, 15) is 4.79 Å². The molecule has 0 heterocycles. The van der Waals surface area contributed by atoms with Crippen LogP contribution in [0.5, 0.6) is 0 Å². The van der Waals surface area contributed by atoms with Gasteiger partial charge in [-0.2, -0.15) is 0 Å². The summed E-state index contributed by atoms with van der Waals surface area (Å²) >= 11 is 0. The molecule has 2 aromatic carbocycles. The van der Waals surface area contributed by atoms with Crippen molar-refractivity contribution in [1.82, 2.24) is 5.32 Å². The van der Waals surface area contributed by atoms with Crippen molar-refractivity contribution in [3.8, 4) is 0 Å². The first-order chi connectivity index (χ1) is 8.31. The number of nitrogens with two attached hydrogens (primary N) is 1. The van der Waals surface area contributed by atoms with Gasteiger partial charge >= 0.3 is 0 Å². The van der Waals surface area contributed by atoms with Crippen LogP contribution in [0, 0.1) is 0 Å². The van der Waals surface area contributed by atoms with E-state index in [1.807, 2.05) is 18.2 Å². The quantitative estimate of drug-likeness (QED) is 0.761. The van der Waals surface area contributed by atoms with Crippen molar-refractivity contribution < 1.29 is 4.79 Å². The highest BCUT2D eigenvalue weighted by Gasteiger charge is 2.06. The summed E-state index contributed by atoms with van der Waals surface area (Å²) in [5.41, 5.74) is 7.19. The van der Waals surface area contributed by atoms with Gasteiger partial charge < -0.3 is 11.1 Å². The highest BCUT2D eigenvalue weighted by molar-refractivity contribution is 5.85. The average molecular weight is 228 g/mol. The van der Waals surface area contributed by atoms with Gasteiger partial charge in [0.25, 0.3) is 0 Å². The molecule has 17 heavy (non-hydrogen) atoms. The van der Waals surface area contributed by atoms with E-state index in [-0.39, 0.29) is 6.04 Å². The Morgan fingerprint density at radius 1 is 1.18 bits per heavy atom. The Morgan fingerprint density at radius 3 is 2.76 bits per heavy atom. The molecule has 1 atom stereocenters. The Hall–Kier alpha value is -1.87. The van der Waals surface area contributed by atoms with Gasteiger partial charge in [0.15, 0.2) is 0 Å². The Labute approximate surface area is 101 Å². The summed E-state index contributed by atoms with van der Waals surface area (Å²) in [4.78, 5) is 10.2. The van der Waals surface area contributed by atoms with Crippen LogP contribution < -0.4 is 11.1 Å². The highest BCUT2D eigenvalue weighted by atomic mass is 16.1. The smallest absolute Gasteiger partial charge is 0.207 e. The van der Waals surface area contributed by atoms with Crippen LogP contribution in [-0.2, 0) is 11.2 Å². The summed E-state index contributed by atoms with van der Waals surface area (Å²) in [6.07, 6.45) is 1.45. The Bertz CT molecular complexity index is 505. The van der Waals surface area contributed by atoms with E-state index in [1.165, 1.54) is 16.3 Å². The molecular weight excluding hydrogens is 212 g/mol. The normalized spacial score (nSPS) is 12.3. The molecule has 3 N–H and O–H groups in total. The molecule has 88 valence electrons. The van der Waals surface area contributed by atoms with Crippen LogP contribution in [0.3, 0.4) is 0 Å². The number of carbonyl (C=O) groups is 1. The molecule has 1 amide bonds. The minimum Gasteiger partial charge on any atom is -0.357 e. The lowest BCUT2D eigenvalue weighted by atomic mass is 9.99. The molecule has 0 saturated heterocycles. The Morgan fingerprint density at radius 2 is 1.94 bits per heavy atom. The number of carbonyl (C=O) groups excluding carboxylic acids is 1. The lowest BCUT2D eigenvalue weighted by Crippen LogP contribution is -2.34. The van der Waals surface area contributed by atoms with Crippen molar-refractivity contribution in [2.24, 2.45) is 5.73 Å². The molecule has 0 fully saturated rings. The molecule has 0 radical (unpaired) electrons.